The zero-order valence-corrected chi connectivity index (χ0v) is 10.2. The Labute approximate surface area is 107 Å². The molecule has 6 nitrogen and oxygen atoms in total. The SMILES string of the molecule is O=C(Nc1c(Cl)ncnc1Cl)C1CC(O)CN1. The Kier molecular flexibility index (Phi) is 3.78. The van der Waals surface area contributed by atoms with Gasteiger partial charge in [-0.15, -0.1) is 0 Å². The third kappa shape index (κ3) is 2.84. The number of aliphatic hydroxyl groups is 1. The van der Waals surface area contributed by atoms with E-state index in [4.69, 9.17) is 23.2 Å². The van der Waals surface area contributed by atoms with Gasteiger partial charge in [0.2, 0.25) is 5.91 Å². The van der Waals surface area contributed by atoms with Crippen LogP contribution in [0, 0.1) is 0 Å². The monoisotopic (exact) mass is 276 g/mol. The molecule has 1 aromatic rings. The van der Waals surface area contributed by atoms with E-state index in [2.05, 4.69) is 20.6 Å². The highest BCUT2D eigenvalue weighted by molar-refractivity contribution is 6.38. The summed E-state index contributed by atoms with van der Waals surface area (Å²) in [5, 5.41) is 14.9. The van der Waals surface area contributed by atoms with Crippen LogP contribution in [0.25, 0.3) is 0 Å². The van der Waals surface area contributed by atoms with Crippen LogP contribution in [0.5, 0.6) is 0 Å². The molecular formula is C9H10Cl2N4O2. The second kappa shape index (κ2) is 5.14. The van der Waals surface area contributed by atoms with Gasteiger partial charge in [0, 0.05) is 6.54 Å². The average molecular weight is 277 g/mol. The largest absolute Gasteiger partial charge is 0.392 e. The molecule has 2 heterocycles. The molecule has 2 rings (SSSR count). The van der Waals surface area contributed by atoms with E-state index in [0.717, 1.165) is 0 Å². The lowest BCUT2D eigenvalue weighted by atomic mass is 10.2. The van der Waals surface area contributed by atoms with Crippen LogP contribution in [0.4, 0.5) is 5.69 Å². The van der Waals surface area contributed by atoms with E-state index in [-0.39, 0.29) is 21.9 Å². The summed E-state index contributed by atoms with van der Waals surface area (Å²) in [6.07, 6.45) is 1.05. The predicted molar refractivity (Wildman–Crippen MR) is 63.1 cm³/mol. The molecule has 1 aliphatic heterocycles. The summed E-state index contributed by atoms with van der Waals surface area (Å²) in [6.45, 7) is 0.394. The molecule has 1 fully saturated rings. The summed E-state index contributed by atoms with van der Waals surface area (Å²) >= 11 is 11.6. The van der Waals surface area contributed by atoms with E-state index in [0.29, 0.717) is 13.0 Å². The van der Waals surface area contributed by atoms with Gasteiger partial charge in [0.25, 0.3) is 0 Å². The third-order valence-corrected chi connectivity index (χ3v) is 3.00. The Balaban J connectivity index is 2.08. The molecule has 92 valence electrons. The fraction of sp³-hybridized carbons (Fsp3) is 0.444. The van der Waals surface area contributed by atoms with Crippen molar-refractivity contribution in [3.63, 3.8) is 0 Å². The van der Waals surface area contributed by atoms with Crippen LogP contribution in [0.15, 0.2) is 6.33 Å². The van der Waals surface area contributed by atoms with Gasteiger partial charge in [-0.3, -0.25) is 4.79 Å². The minimum atomic E-state index is -0.510. The number of aliphatic hydroxyl groups excluding tert-OH is 1. The number of halogens is 2. The van der Waals surface area contributed by atoms with Crippen LogP contribution in [0.3, 0.4) is 0 Å². The Bertz CT molecular complexity index is 423. The molecular weight excluding hydrogens is 267 g/mol. The second-order valence-electron chi connectivity index (χ2n) is 3.67. The van der Waals surface area contributed by atoms with Gasteiger partial charge in [0.05, 0.1) is 12.1 Å². The minimum Gasteiger partial charge on any atom is -0.392 e. The van der Waals surface area contributed by atoms with Crippen LogP contribution in [0.2, 0.25) is 10.3 Å². The highest BCUT2D eigenvalue weighted by Crippen LogP contribution is 2.26. The molecule has 8 heteroatoms. The number of anilines is 1. The van der Waals surface area contributed by atoms with Gasteiger partial charge in [-0.1, -0.05) is 23.2 Å². The number of rotatable bonds is 2. The highest BCUT2D eigenvalue weighted by atomic mass is 35.5. The van der Waals surface area contributed by atoms with Gasteiger partial charge in [-0.05, 0) is 6.42 Å². The maximum Gasteiger partial charge on any atom is 0.241 e. The van der Waals surface area contributed by atoms with Crippen molar-refractivity contribution >= 4 is 34.8 Å². The number of carbonyl (C=O) groups excluding carboxylic acids is 1. The third-order valence-electron chi connectivity index (χ3n) is 2.43. The standard InChI is InChI=1S/C9H10Cl2N4O2/c10-7-6(8(11)14-3-13-7)15-9(17)5-1-4(16)2-12-5/h3-5,12,16H,1-2H2,(H,15,17). The van der Waals surface area contributed by atoms with Gasteiger partial charge in [0.1, 0.15) is 12.0 Å². The van der Waals surface area contributed by atoms with Crippen molar-refractivity contribution in [2.75, 3.05) is 11.9 Å². The van der Waals surface area contributed by atoms with Gasteiger partial charge in [-0.2, -0.15) is 0 Å². The molecule has 0 radical (unpaired) electrons. The molecule has 0 spiro atoms. The van der Waals surface area contributed by atoms with E-state index in [1.165, 1.54) is 6.33 Å². The molecule has 0 aliphatic carbocycles. The second-order valence-corrected chi connectivity index (χ2v) is 4.39. The van der Waals surface area contributed by atoms with Crippen LogP contribution in [-0.2, 0) is 4.79 Å². The molecule has 2 atom stereocenters. The van der Waals surface area contributed by atoms with E-state index >= 15 is 0 Å². The zero-order chi connectivity index (χ0) is 12.4. The summed E-state index contributed by atoms with van der Waals surface area (Å²) in [6, 6.07) is -0.461. The van der Waals surface area contributed by atoms with Crippen LogP contribution < -0.4 is 10.6 Å². The fourth-order valence-corrected chi connectivity index (χ4v) is 1.98. The number of amides is 1. The van der Waals surface area contributed by atoms with E-state index in [1.807, 2.05) is 0 Å². The maximum absolute atomic E-state index is 11.8. The van der Waals surface area contributed by atoms with Crippen molar-refractivity contribution < 1.29 is 9.90 Å². The molecule has 0 saturated carbocycles. The minimum absolute atomic E-state index is 0.0805. The average Bonchev–Trinajstić information content (AvgIpc) is 2.70. The Hall–Kier alpha value is -0.950. The van der Waals surface area contributed by atoms with Crippen LogP contribution in [-0.4, -0.2) is 39.7 Å². The van der Waals surface area contributed by atoms with E-state index in [1.54, 1.807) is 0 Å². The number of nitrogens with one attached hydrogen (secondary N) is 2. The first-order chi connectivity index (χ1) is 8.08. The van der Waals surface area contributed by atoms with Crippen LogP contribution >= 0.6 is 23.2 Å². The number of β-amino-alcohol motifs (C(OH)–C–C–N with tert-alkyl or cyclic N) is 1. The summed E-state index contributed by atoms with van der Waals surface area (Å²) in [4.78, 5) is 19.2. The molecule has 1 aromatic heterocycles. The topological polar surface area (TPSA) is 87.1 Å². The van der Waals surface area contributed by atoms with Crippen LogP contribution in [0.1, 0.15) is 6.42 Å². The first kappa shape index (κ1) is 12.5. The molecule has 1 aliphatic rings. The summed E-state index contributed by atoms with van der Waals surface area (Å²) in [5.74, 6) is -0.319. The van der Waals surface area contributed by atoms with Crippen molar-refractivity contribution in [2.45, 2.75) is 18.6 Å². The Morgan fingerprint density at radius 2 is 2.12 bits per heavy atom. The molecule has 2 unspecified atom stereocenters. The molecule has 1 amide bonds. The lowest BCUT2D eigenvalue weighted by molar-refractivity contribution is -0.117. The quantitative estimate of drug-likeness (QED) is 0.683. The van der Waals surface area contributed by atoms with Crippen molar-refractivity contribution in [3.05, 3.63) is 16.6 Å². The van der Waals surface area contributed by atoms with E-state index < -0.39 is 12.1 Å². The summed E-state index contributed by atoms with van der Waals surface area (Å²) in [5.41, 5.74) is 0.184. The van der Waals surface area contributed by atoms with E-state index in [9.17, 15) is 9.90 Å². The number of aromatic nitrogens is 2. The van der Waals surface area contributed by atoms with Gasteiger partial charge < -0.3 is 15.7 Å². The summed E-state index contributed by atoms with van der Waals surface area (Å²) < 4.78 is 0. The zero-order valence-electron chi connectivity index (χ0n) is 8.65. The number of carbonyl (C=O) groups is 1. The smallest absolute Gasteiger partial charge is 0.241 e. The van der Waals surface area contributed by atoms with Gasteiger partial charge in [0.15, 0.2) is 10.3 Å². The van der Waals surface area contributed by atoms with Crippen molar-refractivity contribution in [3.8, 4) is 0 Å². The van der Waals surface area contributed by atoms with Gasteiger partial charge >= 0.3 is 0 Å². The molecule has 0 aromatic carbocycles. The Morgan fingerprint density at radius 3 is 2.65 bits per heavy atom. The van der Waals surface area contributed by atoms with Gasteiger partial charge in [-0.25, -0.2) is 9.97 Å². The summed E-state index contributed by atoms with van der Waals surface area (Å²) in [7, 11) is 0. The fourth-order valence-electron chi connectivity index (χ4n) is 1.57. The lowest BCUT2D eigenvalue weighted by Crippen LogP contribution is -2.35. The first-order valence-corrected chi connectivity index (χ1v) is 5.72. The number of nitrogens with zero attached hydrogens (tertiary/aromatic N) is 2. The molecule has 3 N–H and O–H groups in total. The Morgan fingerprint density at radius 1 is 1.47 bits per heavy atom. The first-order valence-electron chi connectivity index (χ1n) is 4.96. The predicted octanol–water partition coefficient (Wildman–Crippen LogP) is 0.445. The lowest BCUT2D eigenvalue weighted by Gasteiger charge is -2.12. The highest BCUT2D eigenvalue weighted by Gasteiger charge is 2.28. The van der Waals surface area contributed by atoms with Crippen molar-refractivity contribution in [2.24, 2.45) is 0 Å². The molecule has 0 bridgehead atoms. The molecule has 17 heavy (non-hydrogen) atoms. The van der Waals surface area contributed by atoms with Crippen molar-refractivity contribution in [1.29, 1.82) is 0 Å². The van der Waals surface area contributed by atoms with Crippen molar-refractivity contribution in [1.82, 2.24) is 15.3 Å². The normalized spacial score (nSPS) is 23.7. The number of hydrogen-bond donors (Lipinski definition) is 3. The number of hydrogen-bond acceptors (Lipinski definition) is 5. The molecule has 1 saturated heterocycles. The maximum atomic E-state index is 11.8.